The van der Waals surface area contributed by atoms with E-state index in [1.807, 2.05) is 32.0 Å². The summed E-state index contributed by atoms with van der Waals surface area (Å²) < 4.78 is 11.0. The maximum atomic E-state index is 11.3. The molecule has 122 valence electrons. The summed E-state index contributed by atoms with van der Waals surface area (Å²) in [7, 11) is 1.59. The summed E-state index contributed by atoms with van der Waals surface area (Å²) in [4.78, 5) is 18.0. The normalized spacial score (nSPS) is 11.0. The minimum Gasteiger partial charge on any atom is -0.493 e. The third-order valence-corrected chi connectivity index (χ3v) is 2.80. The molecule has 1 heterocycles. The van der Waals surface area contributed by atoms with Gasteiger partial charge < -0.3 is 9.47 Å². The maximum Gasteiger partial charge on any atom is 0.252 e. The molecular formula is C16H20N4O3. The molecule has 0 saturated heterocycles. The third-order valence-electron chi connectivity index (χ3n) is 2.80. The van der Waals surface area contributed by atoms with Gasteiger partial charge in [-0.1, -0.05) is 0 Å². The van der Waals surface area contributed by atoms with Crippen molar-refractivity contribution in [3.63, 3.8) is 0 Å². The number of hydrogen-bond acceptors (Lipinski definition) is 6. The SMILES string of the molecule is COc1cc(/C=N/Nc2nc(C)cc(=O)[nH]2)ccc1OC(C)C. The molecule has 7 heteroatoms. The van der Waals surface area contributed by atoms with Crippen LogP contribution in [0.15, 0.2) is 34.2 Å². The Labute approximate surface area is 134 Å². The van der Waals surface area contributed by atoms with Crippen LogP contribution in [0.3, 0.4) is 0 Å². The summed E-state index contributed by atoms with van der Waals surface area (Å²) in [6.45, 7) is 5.64. The van der Waals surface area contributed by atoms with E-state index >= 15 is 0 Å². The molecule has 1 aromatic carbocycles. The number of rotatable bonds is 6. The second-order valence-corrected chi connectivity index (χ2v) is 5.18. The summed E-state index contributed by atoms with van der Waals surface area (Å²) in [6, 6.07) is 6.91. The number of hydrazone groups is 1. The number of anilines is 1. The lowest BCUT2D eigenvalue weighted by Crippen LogP contribution is -2.10. The van der Waals surface area contributed by atoms with Gasteiger partial charge in [-0.15, -0.1) is 0 Å². The molecule has 0 amide bonds. The zero-order chi connectivity index (χ0) is 16.8. The van der Waals surface area contributed by atoms with Crippen molar-refractivity contribution in [1.29, 1.82) is 0 Å². The molecular weight excluding hydrogens is 296 g/mol. The molecule has 7 nitrogen and oxygen atoms in total. The topological polar surface area (TPSA) is 88.6 Å². The van der Waals surface area contributed by atoms with Gasteiger partial charge in [0.15, 0.2) is 11.5 Å². The van der Waals surface area contributed by atoms with Crippen molar-refractivity contribution >= 4 is 12.2 Å². The van der Waals surface area contributed by atoms with Crippen LogP contribution in [-0.4, -0.2) is 29.4 Å². The Hall–Kier alpha value is -2.83. The predicted molar refractivity (Wildman–Crippen MR) is 89.6 cm³/mol. The van der Waals surface area contributed by atoms with Crippen molar-refractivity contribution in [2.75, 3.05) is 12.5 Å². The van der Waals surface area contributed by atoms with Gasteiger partial charge in [-0.2, -0.15) is 5.10 Å². The minimum atomic E-state index is -0.230. The summed E-state index contributed by atoms with van der Waals surface area (Å²) in [5.41, 5.74) is 3.89. The van der Waals surface area contributed by atoms with Crippen LogP contribution >= 0.6 is 0 Å². The van der Waals surface area contributed by atoms with E-state index in [2.05, 4.69) is 20.5 Å². The molecule has 0 atom stereocenters. The standard InChI is InChI=1S/C16H20N4O3/c1-10(2)23-13-6-5-12(8-14(13)22-4)9-17-20-16-18-11(3)7-15(21)19-16/h5-10H,1-4H3,(H2,18,19,20,21)/b17-9+. The monoisotopic (exact) mass is 316 g/mol. The molecule has 0 fully saturated rings. The smallest absolute Gasteiger partial charge is 0.252 e. The number of aromatic amines is 1. The van der Waals surface area contributed by atoms with Gasteiger partial charge in [0, 0.05) is 11.8 Å². The number of aromatic nitrogens is 2. The van der Waals surface area contributed by atoms with E-state index in [9.17, 15) is 4.79 Å². The second kappa shape index (κ2) is 7.44. The largest absolute Gasteiger partial charge is 0.493 e. The van der Waals surface area contributed by atoms with E-state index in [1.54, 1.807) is 20.2 Å². The van der Waals surface area contributed by atoms with Crippen LogP contribution in [0.4, 0.5) is 5.95 Å². The fourth-order valence-electron chi connectivity index (χ4n) is 1.92. The van der Waals surface area contributed by atoms with Gasteiger partial charge in [0.25, 0.3) is 5.56 Å². The van der Waals surface area contributed by atoms with Gasteiger partial charge in [0.1, 0.15) is 0 Å². The molecule has 1 aromatic heterocycles. The number of H-pyrrole nitrogens is 1. The van der Waals surface area contributed by atoms with E-state index in [0.717, 1.165) is 5.56 Å². The van der Waals surface area contributed by atoms with Crippen molar-refractivity contribution in [3.05, 3.63) is 45.9 Å². The molecule has 0 aliphatic heterocycles. The first-order chi connectivity index (χ1) is 11.0. The van der Waals surface area contributed by atoms with E-state index in [-0.39, 0.29) is 17.6 Å². The average molecular weight is 316 g/mol. The number of nitrogens with one attached hydrogen (secondary N) is 2. The predicted octanol–water partition coefficient (Wildman–Crippen LogP) is 2.32. The van der Waals surface area contributed by atoms with Crippen LogP contribution in [0.5, 0.6) is 11.5 Å². The Kier molecular flexibility index (Phi) is 5.35. The first-order valence-electron chi connectivity index (χ1n) is 7.19. The second-order valence-electron chi connectivity index (χ2n) is 5.18. The Morgan fingerprint density at radius 2 is 2.09 bits per heavy atom. The van der Waals surface area contributed by atoms with E-state index < -0.39 is 0 Å². The summed E-state index contributed by atoms with van der Waals surface area (Å²) in [5.74, 6) is 1.60. The molecule has 2 rings (SSSR count). The highest BCUT2D eigenvalue weighted by Gasteiger charge is 2.06. The molecule has 2 aromatic rings. The van der Waals surface area contributed by atoms with Crippen molar-refractivity contribution in [3.8, 4) is 11.5 Å². The summed E-state index contributed by atoms with van der Waals surface area (Å²) in [5, 5.41) is 4.06. The van der Waals surface area contributed by atoms with Crippen LogP contribution < -0.4 is 20.5 Å². The van der Waals surface area contributed by atoms with Gasteiger partial charge in [-0.25, -0.2) is 10.4 Å². The van der Waals surface area contributed by atoms with Crippen LogP contribution in [0.2, 0.25) is 0 Å². The number of methoxy groups -OCH3 is 1. The van der Waals surface area contributed by atoms with Gasteiger partial charge in [0.05, 0.1) is 19.4 Å². The fourth-order valence-corrected chi connectivity index (χ4v) is 1.92. The number of ether oxygens (including phenoxy) is 2. The molecule has 0 aliphatic rings. The molecule has 0 bridgehead atoms. The number of nitrogens with zero attached hydrogens (tertiary/aromatic N) is 2. The third kappa shape index (κ3) is 4.84. The highest BCUT2D eigenvalue weighted by molar-refractivity contribution is 5.81. The lowest BCUT2D eigenvalue weighted by atomic mass is 10.2. The minimum absolute atomic E-state index is 0.0642. The fraction of sp³-hybridized carbons (Fsp3) is 0.312. The van der Waals surface area contributed by atoms with E-state index in [4.69, 9.17) is 9.47 Å². The first-order valence-corrected chi connectivity index (χ1v) is 7.19. The van der Waals surface area contributed by atoms with Crippen LogP contribution in [0.1, 0.15) is 25.1 Å². The van der Waals surface area contributed by atoms with Gasteiger partial charge in [-0.3, -0.25) is 9.78 Å². The van der Waals surface area contributed by atoms with Gasteiger partial charge >= 0.3 is 0 Å². The van der Waals surface area contributed by atoms with Crippen molar-refractivity contribution < 1.29 is 9.47 Å². The van der Waals surface area contributed by atoms with E-state index in [0.29, 0.717) is 17.2 Å². The maximum absolute atomic E-state index is 11.3. The lowest BCUT2D eigenvalue weighted by molar-refractivity contribution is 0.230. The zero-order valence-electron chi connectivity index (χ0n) is 13.6. The average Bonchev–Trinajstić information content (AvgIpc) is 2.47. The van der Waals surface area contributed by atoms with Crippen LogP contribution in [0.25, 0.3) is 0 Å². The highest BCUT2D eigenvalue weighted by atomic mass is 16.5. The lowest BCUT2D eigenvalue weighted by Gasteiger charge is -2.13. The number of benzene rings is 1. The molecule has 0 spiro atoms. The molecule has 23 heavy (non-hydrogen) atoms. The molecule has 0 saturated carbocycles. The molecule has 2 N–H and O–H groups in total. The summed E-state index contributed by atoms with van der Waals surface area (Å²) in [6.07, 6.45) is 1.67. The van der Waals surface area contributed by atoms with Crippen LogP contribution in [0, 0.1) is 6.92 Å². The van der Waals surface area contributed by atoms with Gasteiger partial charge in [0.2, 0.25) is 5.95 Å². The first kappa shape index (κ1) is 16.5. The Morgan fingerprint density at radius 1 is 1.30 bits per heavy atom. The summed E-state index contributed by atoms with van der Waals surface area (Å²) >= 11 is 0. The van der Waals surface area contributed by atoms with Crippen molar-refractivity contribution in [1.82, 2.24) is 9.97 Å². The van der Waals surface area contributed by atoms with Crippen LogP contribution in [-0.2, 0) is 0 Å². The van der Waals surface area contributed by atoms with Crippen molar-refractivity contribution in [2.45, 2.75) is 26.9 Å². The zero-order valence-corrected chi connectivity index (χ0v) is 13.6. The Balaban J connectivity index is 2.11. The number of hydrogen-bond donors (Lipinski definition) is 2. The quantitative estimate of drug-likeness (QED) is 0.630. The Bertz CT molecular complexity index is 753. The molecule has 0 radical (unpaired) electrons. The molecule has 0 aliphatic carbocycles. The Morgan fingerprint density at radius 3 is 2.74 bits per heavy atom. The number of aryl methyl sites for hydroxylation is 1. The molecule has 0 unspecified atom stereocenters. The van der Waals surface area contributed by atoms with E-state index in [1.165, 1.54) is 6.07 Å². The van der Waals surface area contributed by atoms with Gasteiger partial charge in [-0.05, 0) is 44.5 Å². The highest BCUT2D eigenvalue weighted by Crippen LogP contribution is 2.28. The van der Waals surface area contributed by atoms with Crippen molar-refractivity contribution in [2.24, 2.45) is 5.10 Å².